The highest BCUT2D eigenvalue weighted by Crippen LogP contribution is 2.09. The van der Waals surface area contributed by atoms with Crippen molar-refractivity contribution in [3.63, 3.8) is 0 Å². The van der Waals surface area contributed by atoms with E-state index in [1.165, 1.54) is 0 Å². The van der Waals surface area contributed by atoms with Gasteiger partial charge in [-0.1, -0.05) is 30.4 Å². The van der Waals surface area contributed by atoms with E-state index >= 15 is 0 Å². The summed E-state index contributed by atoms with van der Waals surface area (Å²) < 4.78 is 4.41. The van der Waals surface area contributed by atoms with Gasteiger partial charge in [0.25, 0.3) is 0 Å². The number of carboxylic acid groups (broad SMARTS) is 1. The van der Waals surface area contributed by atoms with Gasteiger partial charge in [-0.15, -0.1) is 0 Å². The maximum atomic E-state index is 10.1. The Morgan fingerprint density at radius 3 is 2.71 bits per heavy atom. The maximum absolute atomic E-state index is 10.1. The van der Waals surface area contributed by atoms with Crippen molar-refractivity contribution in [2.24, 2.45) is 5.92 Å². The van der Waals surface area contributed by atoms with Crippen molar-refractivity contribution in [3.8, 4) is 11.8 Å². The van der Waals surface area contributed by atoms with E-state index in [2.05, 4.69) is 16.6 Å². The molecule has 3 nitrogen and oxygen atoms in total. The zero-order valence-electron chi connectivity index (χ0n) is 9.44. The number of hydrogen-bond donors (Lipinski definition) is 1. The van der Waals surface area contributed by atoms with Crippen molar-refractivity contribution >= 4 is 17.8 Å². The summed E-state index contributed by atoms with van der Waals surface area (Å²) in [7, 11) is 0. The molecule has 0 spiro atoms. The molecule has 0 aliphatic heterocycles. The molecule has 1 aromatic carbocycles. The Kier molecular flexibility index (Phi) is 5.38. The van der Waals surface area contributed by atoms with Crippen molar-refractivity contribution in [2.75, 3.05) is 6.61 Å². The normalized spacial score (nSPS) is 11.2. The highest BCUT2D eigenvalue weighted by molar-refractivity contribution is 6.30. The topological polar surface area (TPSA) is 46.5 Å². The Morgan fingerprint density at radius 1 is 1.47 bits per heavy atom. The second-order valence-corrected chi connectivity index (χ2v) is 4.02. The zero-order chi connectivity index (χ0) is 12.7. The first-order chi connectivity index (χ1) is 8.08. The van der Waals surface area contributed by atoms with Crippen molar-refractivity contribution < 1.29 is 14.6 Å². The van der Waals surface area contributed by atoms with E-state index in [-0.39, 0.29) is 12.5 Å². The molecule has 0 saturated heterocycles. The minimum atomic E-state index is -1.25. The Balaban J connectivity index is 2.42. The molecule has 90 valence electrons. The van der Waals surface area contributed by atoms with Crippen LogP contribution in [0.4, 0.5) is 4.79 Å². The van der Waals surface area contributed by atoms with Crippen LogP contribution in [0, 0.1) is 17.8 Å². The minimum absolute atomic E-state index is 0.0880. The monoisotopic (exact) mass is 252 g/mol. The third-order valence-electron chi connectivity index (χ3n) is 2.08. The van der Waals surface area contributed by atoms with Gasteiger partial charge in [0.15, 0.2) is 0 Å². The van der Waals surface area contributed by atoms with Crippen LogP contribution < -0.4 is 0 Å². The first-order valence-corrected chi connectivity index (χ1v) is 5.58. The lowest BCUT2D eigenvalue weighted by Crippen LogP contribution is -2.04. The fraction of sp³-hybridized carbons (Fsp3) is 0.308. The lowest BCUT2D eigenvalue weighted by atomic mass is 10.1. The van der Waals surface area contributed by atoms with E-state index in [1.54, 1.807) is 12.1 Å². The largest absolute Gasteiger partial charge is 0.505 e. The Hall–Kier alpha value is -1.66. The molecule has 0 aromatic heterocycles. The first-order valence-electron chi connectivity index (χ1n) is 5.21. The van der Waals surface area contributed by atoms with Gasteiger partial charge in [0.1, 0.15) is 0 Å². The summed E-state index contributed by atoms with van der Waals surface area (Å²) >= 11 is 5.75. The Labute approximate surface area is 105 Å². The zero-order valence-corrected chi connectivity index (χ0v) is 10.2. The molecule has 1 rings (SSSR count). The molecule has 0 saturated carbocycles. The van der Waals surface area contributed by atoms with Crippen molar-refractivity contribution in [1.82, 2.24) is 0 Å². The van der Waals surface area contributed by atoms with Crippen molar-refractivity contribution in [1.29, 1.82) is 0 Å². The molecule has 1 unspecified atom stereocenters. The van der Waals surface area contributed by atoms with Crippen LogP contribution in [0.3, 0.4) is 0 Å². The average Bonchev–Trinajstić information content (AvgIpc) is 2.28. The first kappa shape index (κ1) is 13.4. The summed E-state index contributed by atoms with van der Waals surface area (Å²) in [6, 6.07) is 7.25. The van der Waals surface area contributed by atoms with E-state index in [1.807, 2.05) is 19.1 Å². The van der Waals surface area contributed by atoms with Gasteiger partial charge in [-0.3, -0.25) is 0 Å². The van der Waals surface area contributed by atoms with Crippen LogP contribution in [0.2, 0.25) is 5.02 Å². The van der Waals surface area contributed by atoms with Crippen LogP contribution in [-0.4, -0.2) is 17.9 Å². The highest BCUT2D eigenvalue weighted by Gasteiger charge is 2.00. The van der Waals surface area contributed by atoms with Gasteiger partial charge < -0.3 is 9.84 Å². The molecule has 0 aliphatic rings. The van der Waals surface area contributed by atoms with Gasteiger partial charge in [-0.25, -0.2) is 4.79 Å². The molecule has 0 fully saturated rings. The molecule has 0 bridgehead atoms. The van der Waals surface area contributed by atoms with Crippen LogP contribution in [0.15, 0.2) is 24.3 Å². The molecule has 1 N–H and O–H groups in total. The number of hydrogen-bond acceptors (Lipinski definition) is 2. The summed E-state index contributed by atoms with van der Waals surface area (Å²) in [5, 5.41) is 8.97. The third-order valence-corrected chi connectivity index (χ3v) is 2.34. The fourth-order valence-corrected chi connectivity index (χ4v) is 1.26. The second kappa shape index (κ2) is 6.82. The predicted molar refractivity (Wildman–Crippen MR) is 66.1 cm³/mol. The molecule has 0 amide bonds. The molecule has 0 heterocycles. The molecule has 0 aliphatic carbocycles. The van der Waals surface area contributed by atoms with Crippen LogP contribution in [0.5, 0.6) is 0 Å². The van der Waals surface area contributed by atoms with Crippen LogP contribution >= 0.6 is 11.6 Å². The van der Waals surface area contributed by atoms with E-state index in [0.717, 1.165) is 5.56 Å². The fourth-order valence-electron chi connectivity index (χ4n) is 1.13. The van der Waals surface area contributed by atoms with E-state index in [4.69, 9.17) is 16.7 Å². The van der Waals surface area contributed by atoms with Crippen LogP contribution in [0.25, 0.3) is 0 Å². The van der Waals surface area contributed by atoms with Gasteiger partial charge in [0.2, 0.25) is 0 Å². The lowest BCUT2D eigenvalue weighted by Gasteiger charge is -2.02. The Bertz CT molecular complexity index is 428. The number of carbonyl (C=O) groups is 1. The SMILES string of the molecule is CC(C#Cc1ccc(Cl)cc1)CCOC(=O)O. The van der Waals surface area contributed by atoms with E-state index < -0.39 is 6.16 Å². The number of halogens is 1. The van der Waals surface area contributed by atoms with Gasteiger partial charge in [-0.2, -0.15) is 0 Å². The highest BCUT2D eigenvalue weighted by atomic mass is 35.5. The number of rotatable bonds is 3. The van der Waals surface area contributed by atoms with E-state index in [9.17, 15) is 4.79 Å². The summed E-state index contributed by atoms with van der Waals surface area (Å²) in [6.45, 7) is 2.10. The van der Waals surface area contributed by atoms with Gasteiger partial charge in [0, 0.05) is 16.5 Å². The third kappa shape index (κ3) is 5.84. The molecular formula is C13H13ClO3. The van der Waals surface area contributed by atoms with Gasteiger partial charge in [0.05, 0.1) is 6.61 Å². The van der Waals surface area contributed by atoms with Crippen molar-refractivity contribution in [2.45, 2.75) is 13.3 Å². The average molecular weight is 253 g/mol. The summed E-state index contributed by atoms with van der Waals surface area (Å²) in [5.74, 6) is 6.11. The molecule has 17 heavy (non-hydrogen) atoms. The lowest BCUT2D eigenvalue weighted by molar-refractivity contribution is 0.0887. The molecule has 1 aromatic rings. The summed E-state index contributed by atoms with van der Waals surface area (Å²) in [6.07, 6.45) is -0.657. The van der Waals surface area contributed by atoms with E-state index in [0.29, 0.717) is 11.4 Å². The minimum Gasteiger partial charge on any atom is -0.450 e. The molecule has 1 atom stereocenters. The molecule has 0 radical (unpaired) electrons. The Morgan fingerprint density at radius 2 is 2.12 bits per heavy atom. The van der Waals surface area contributed by atoms with Crippen LogP contribution in [-0.2, 0) is 4.74 Å². The summed E-state index contributed by atoms with van der Waals surface area (Å²) in [4.78, 5) is 10.1. The smallest absolute Gasteiger partial charge is 0.450 e. The summed E-state index contributed by atoms with van der Waals surface area (Å²) in [5.41, 5.74) is 0.889. The molecular weight excluding hydrogens is 240 g/mol. The number of benzene rings is 1. The molecule has 4 heteroatoms. The maximum Gasteiger partial charge on any atom is 0.505 e. The van der Waals surface area contributed by atoms with Crippen molar-refractivity contribution in [3.05, 3.63) is 34.9 Å². The van der Waals surface area contributed by atoms with Gasteiger partial charge >= 0.3 is 6.16 Å². The second-order valence-electron chi connectivity index (χ2n) is 3.58. The standard InChI is InChI=1S/C13H13ClO3/c1-10(8-9-17-13(15)16)2-3-11-4-6-12(14)7-5-11/h4-7,10H,8-9H2,1H3,(H,15,16). The quantitative estimate of drug-likeness (QED) is 0.662. The predicted octanol–water partition coefficient (Wildman–Crippen LogP) is 3.41. The van der Waals surface area contributed by atoms with Gasteiger partial charge in [-0.05, 0) is 30.7 Å². The number of ether oxygens (including phenoxy) is 1. The van der Waals surface area contributed by atoms with Crippen LogP contribution in [0.1, 0.15) is 18.9 Å².